The van der Waals surface area contributed by atoms with Crippen LogP contribution in [0.2, 0.25) is 0 Å². The fourth-order valence-corrected chi connectivity index (χ4v) is 5.42. The predicted octanol–water partition coefficient (Wildman–Crippen LogP) is 1.86. The van der Waals surface area contributed by atoms with Crippen molar-refractivity contribution in [3.05, 3.63) is 113 Å². The summed E-state index contributed by atoms with van der Waals surface area (Å²) in [6, 6.07) is 22.8. The van der Waals surface area contributed by atoms with Crippen molar-refractivity contribution in [2.75, 3.05) is 13.9 Å². The Labute approximate surface area is 302 Å². The van der Waals surface area contributed by atoms with E-state index in [4.69, 9.17) is 9.47 Å². The maximum atomic E-state index is 14.2. The van der Waals surface area contributed by atoms with Gasteiger partial charge in [-0.3, -0.25) is 4.79 Å². The van der Waals surface area contributed by atoms with E-state index in [1.807, 2.05) is 73.0 Å². The molecule has 0 spiro atoms. The Morgan fingerprint density at radius 2 is 1.56 bits per heavy atom. The number of rotatable bonds is 16. The summed E-state index contributed by atoms with van der Waals surface area (Å²) in [5, 5.41) is 34.7. The zero-order chi connectivity index (χ0) is 33.9. The first-order valence-electron chi connectivity index (χ1n) is 15.3. The standard InChI is InChI=1S/C37H41FN2O7.Na/c1-24(2)40-32(18-17-30(41)19-31(42)20-33(43)44)34(28-13-15-29(38)16-14-28)35(27-7-5-4-6-8-27)36(40)37(45)39-21-25-9-11-26(12-10-25)22-47-23-46-3;/h4-18,24,30-31,41-42H,19-23H2,1-3H3,(H,39,45)(H,43,44);/q;+1/p-1/b18-17+;/t30-,31-;/m1./s1. The summed E-state index contributed by atoms with van der Waals surface area (Å²) in [6.45, 7) is 4.71. The molecular weight excluding hydrogens is 626 g/mol. The number of hydrogen-bond donors (Lipinski definition) is 3. The van der Waals surface area contributed by atoms with Gasteiger partial charge in [-0.25, -0.2) is 4.39 Å². The third-order valence-electron chi connectivity index (χ3n) is 7.51. The zero-order valence-corrected chi connectivity index (χ0v) is 29.7. The average molecular weight is 667 g/mol. The third-order valence-corrected chi connectivity index (χ3v) is 7.51. The topological polar surface area (TPSA) is 133 Å². The number of aromatic nitrogens is 1. The summed E-state index contributed by atoms with van der Waals surface area (Å²) in [6.07, 6.45) is -0.227. The molecule has 3 aromatic carbocycles. The molecule has 0 bridgehead atoms. The molecule has 1 heterocycles. The second kappa shape index (κ2) is 18.8. The van der Waals surface area contributed by atoms with Crippen molar-refractivity contribution in [3.63, 3.8) is 0 Å². The van der Waals surface area contributed by atoms with E-state index in [1.165, 1.54) is 18.2 Å². The number of aliphatic carboxylic acids is 1. The molecule has 1 amide bonds. The summed E-state index contributed by atoms with van der Waals surface area (Å²) in [4.78, 5) is 25.1. The smallest absolute Gasteiger partial charge is 0.550 e. The van der Waals surface area contributed by atoms with Gasteiger partial charge in [0, 0.05) is 55.3 Å². The van der Waals surface area contributed by atoms with Crippen LogP contribution in [0.5, 0.6) is 0 Å². The maximum Gasteiger partial charge on any atom is 1.00 e. The molecule has 0 unspecified atom stereocenters. The van der Waals surface area contributed by atoms with Crippen LogP contribution in [0.1, 0.15) is 60.0 Å². The van der Waals surface area contributed by atoms with Crippen molar-refractivity contribution in [2.45, 2.75) is 58.1 Å². The van der Waals surface area contributed by atoms with Crippen molar-refractivity contribution in [1.29, 1.82) is 0 Å². The summed E-state index contributed by atoms with van der Waals surface area (Å²) in [5.41, 5.74) is 5.48. The first kappa shape index (κ1) is 38.8. The molecular formula is C37H40FN2NaO7. The van der Waals surface area contributed by atoms with Crippen LogP contribution in [0.3, 0.4) is 0 Å². The second-order valence-corrected chi connectivity index (χ2v) is 11.5. The van der Waals surface area contributed by atoms with E-state index >= 15 is 0 Å². The summed E-state index contributed by atoms with van der Waals surface area (Å²) >= 11 is 0. The van der Waals surface area contributed by atoms with Gasteiger partial charge in [-0.1, -0.05) is 72.8 Å². The normalized spacial score (nSPS) is 12.6. The molecule has 11 heteroatoms. The number of amides is 1. The van der Waals surface area contributed by atoms with Gasteiger partial charge in [-0.15, -0.1) is 0 Å². The molecule has 2 atom stereocenters. The number of nitrogens with one attached hydrogen (secondary N) is 1. The third kappa shape index (κ3) is 10.4. The minimum atomic E-state index is -1.42. The first-order valence-corrected chi connectivity index (χ1v) is 15.3. The van der Waals surface area contributed by atoms with Crippen LogP contribution in [0.4, 0.5) is 4.39 Å². The van der Waals surface area contributed by atoms with Crippen LogP contribution in [0.15, 0.2) is 84.9 Å². The number of carboxylic acid groups (broad SMARTS) is 1. The number of halogens is 1. The Hall–Kier alpha value is -3.61. The summed E-state index contributed by atoms with van der Waals surface area (Å²) in [7, 11) is 1.56. The van der Waals surface area contributed by atoms with Crippen molar-refractivity contribution in [1.82, 2.24) is 9.88 Å². The Kier molecular flexibility index (Phi) is 15.2. The van der Waals surface area contributed by atoms with Gasteiger partial charge in [-0.2, -0.15) is 0 Å². The fourth-order valence-electron chi connectivity index (χ4n) is 5.42. The average Bonchev–Trinajstić information content (AvgIpc) is 3.39. The number of carbonyl (C=O) groups excluding carboxylic acids is 2. The van der Waals surface area contributed by atoms with Gasteiger partial charge in [0.05, 0.1) is 18.8 Å². The molecule has 48 heavy (non-hydrogen) atoms. The van der Waals surface area contributed by atoms with Gasteiger partial charge in [0.15, 0.2) is 0 Å². The molecule has 0 radical (unpaired) electrons. The molecule has 9 nitrogen and oxygen atoms in total. The zero-order valence-electron chi connectivity index (χ0n) is 27.7. The van der Waals surface area contributed by atoms with Gasteiger partial charge in [-0.05, 0) is 54.3 Å². The van der Waals surface area contributed by atoms with E-state index in [1.54, 1.807) is 25.3 Å². The van der Waals surface area contributed by atoms with E-state index in [2.05, 4.69) is 5.32 Å². The predicted molar refractivity (Wildman–Crippen MR) is 175 cm³/mol. The molecule has 1 aromatic heterocycles. The fraction of sp³-hybridized carbons (Fsp3) is 0.297. The minimum absolute atomic E-state index is 0. The SMILES string of the molecule is COCOCc1ccc(CNC(=O)c2c(-c3ccccc3)c(-c3ccc(F)cc3)c(/C=C/[C@@H](O)C[C@@H](O)CC(=O)[O-])n2C(C)C)cc1.[Na+]. The Balaban J connectivity index is 0.00000625. The van der Waals surface area contributed by atoms with Crippen molar-refractivity contribution >= 4 is 18.0 Å². The van der Waals surface area contributed by atoms with Gasteiger partial charge in [0.25, 0.3) is 5.91 Å². The van der Waals surface area contributed by atoms with Crippen LogP contribution >= 0.6 is 0 Å². The minimum Gasteiger partial charge on any atom is -0.550 e. The Bertz CT molecular complexity index is 1660. The number of nitrogens with zero attached hydrogens (tertiary/aromatic N) is 1. The van der Waals surface area contributed by atoms with Crippen LogP contribution < -0.4 is 40.0 Å². The molecule has 3 N–H and O–H groups in total. The van der Waals surface area contributed by atoms with Crippen LogP contribution in [0.25, 0.3) is 28.3 Å². The summed E-state index contributed by atoms with van der Waals surface area (Å²) < 4.78 is 26.3. The van der Waals surface area contributed by atoms with Crippen molar-refractivity contribution < 1.29 is 68.3 Å². The van der Waals surface area contributed by atoms with Gasteiger partial charge in [0.2, 0.25) is 0 Å². The molecule has 4 aromatic rings. The summed E-state index contributed by atoms with van der Waals surface area (Å²) in [5.74, 6) is -2.17. The first-order chi connectivity index (χ1) is 22.6. The van der Waals surface area contributed by atoms with Crippen LogP contribution in [-0.4, -0.2) is 52.8 Å². The number of carbonyl (C=O) groups is 2. The number of methoxy groups -OCH3 is 1. The van der Waals surface area contributed by atoms with Gasteiger partial charge in [0.1, 0.15) is 18.3 Å². The Morgan fingerprint density at radius 1 is 0.938 bits per heavy atom. The van der Waals surface area contributed by atoms with Crippen LogP contribution in [0, 0.1) is 5.82 Å². The molecule has 0 aliphatic carbocycles. The van der Waals surface area contributed by atoms with E-state index in [-0.39, 0.29) is 61.3 Å². The number of carboxylic acids is 1. The van der Waals surface area contributed by atoms with Crippen molar-refractivity contribution in [2.24, 2.45) is 0 Å². The maximum absolute atomic E-state index is 14.2. The van der Waals surface area contributed by atoms with Crippen molar-refractivity contribution in [3.8, 4) is 22.3 Å². The molecule has 0 saturated heterocycles. The van der Waals surface area contributed by atoms with E-state index in [9.17, 15) is 29.3 Å². The molecule has 248 valence electrons. The molecule has 4 rings (SSSR count). The Morgan fingerprint density at radius 3 is 2.17 bits per heavy atom. The van der Waals surface area contributed by atoms with Crippen LogP contribution in [-0.2, 0) is 27.4 Å². The molecule has 0 aliphatic heterocycles. The van der Waals surface area contributed by atoms with E-state index in [0.29, 0.717) is 34.7 Å². The molecule has 0 fully saturated rings. The quantitative estimate of drug-likeness (QED) is 0.0945. The monoisotopic (exact) mass is 666 g/mol. The second-order valence-electron chi connectivity index (χ2n) is 11.5. The number of aliphatic hydroxyl groups excluding tert-OH is 2. The van der Waals surface area contributed by atoms with Gasteiger partial charge >= 0.3 is 29.6 Å². The molecule has 0 saturated carbocycles. The van der Waals surface area contributed by atoms with E-state index < -0.39 is 30.4 Å². The largest absolute Gasteiger partial charge is 1.00 e. The van der Waals surface area contributed by atoms with E-state index in [0.717, 1.165) is 16.7 Å². The number of aliphatic hydroxyl groups is 2. The van der Waals surface area contributed by atoms with Gasteiger partial charge < -0.3 is 39.5 Å². The molecule has 0 aliphatic rings. The number of benzene rings is 3. The number of ether oxygens (including phenoxy) is 2. The number of hydrogen-bond acceptors (Lipinski definition) is 7.